The van der Waals surface area contributed by atoms with Crippen LogP contribution in [-0.2, 0) is 30.2 Å². The molecule has 3 aromatic rings. The van der Waals surface area contributed by atoms with Gasteiger partial charge in [-0.1, -0.05) is 13.3 Å². The maximum atomic E-state index is 12.8. The second-order valence-corrected chi connectivity index (χ2v) is 7.74. The van der Waals surface area contributed by atoms with Gasteiger partial charge < -0.3 is 14.6 Å². The summed E-state index contributed by atoms with van der Waals surface area (Å²) in [6.07, 6.45) is 0.940. The number of carbonyl (C=O) groups is 1. The molecule has 0 bridgehead atoms. The molecule has 0 aliphatic heterocycles. The number of nitrogens with zero attached hydrogens (tertiary/aromatic N) is 3. The number of rotatable bonds is 11. The van der Waals surface area contributed by atoms with Crippen molar-refractivity contribution in [2.75, 3.05) is 13.7 Å². The van der Waals surface area contributed by atoms with Crippen LogP contribution in [0, 0.1) is 0 Å². The third kappa shape index (κ3) is 6.72. The highest BCUT2D eigenvalue weighted by atomic mass is 19.4. The highest BCUT2D eigenvalue weighted by Crippen LogP contribution is 2.29. The predicted octanol–water partition coefficient (Wildman–Crippen LogP) is 4.89. The van der Waals surface area contributed by atoms with Crippen LogP contribution in [0.25, 0.3) is 5.82 Å². The molecule has 0 unspecified atom stereocenters. The van der Waals surface area contributed by atoms with Crippen LogP contribution < -0.4 is 9.47 Å². The molecule has 10 heteroatoms. The lowest BCUT2D eigenvalue weighted by atomic mass is 10.1. The molecular formula is C24H26F3N3O4. The van der Waals surface area contributed by atoms with Gasteiger partial charge in [0.15, 0.2) is 5.82 Å². The van der Waals surface area contributed by atoms with E-state index in [9.17, 15) is 18.0 Å². The first-order valence-corrected chi connectivity index (χ1v) is 10.8. The second kappa shape index (κ2) is 11.0. The number of aryl methyl sites for hydroxylation is 2. The molecule has 0 radical (unpaired) electrons. The number of hydrogen-bond acceptors (Lipinski definition) is 5. The zero-order valence-corrected chi connectivity index (χ0v) is 18.9. The fourth-order valence-electron chi connectivity index (χ4n) is 3.47. The molecule has 2 aromatic heterocycles. The lowest BCUT2D eigenvalue weighted by Crippen LogP contribution is -2.07. The van der Waals surface area contributed by atoms with Crippen molar-refractivity contribution in [1.82, 2.24) is 14.8 Å². The Hall–Kier alpha value is -3.56. The topological polar surface area (TPSA) is 86.5 Å². The molecule has 7 nitrogen and oxygen atoms in total. The molecule has 3 rings (SSSR count). The van der Waals surface area contributed by atoms with Gasteiger partial charge in [-0.05, 0) is 54.7 Å². The fourth-order valence-corrected chi connectivity index (χ4v) is 3.47. The van der Waals surface area contributed by atoms with Crippen LogP contribution >= 0.6 is 0 Å². The molecule has 0 aliphatic rings. The molecule has 34 heavy (non-hydrogen) atoms. The average Bonchev–Trinajstić information content (AvgIpc) is 3.18. The van der Waals surface area contributed by atoms with Crippen LogP contribution in [0.15, 0.2) is 42.7 Å². The second-order valence-electron chi connectivity index (χ2n) is 7.74. The average molecular weight is 477 g/mol. The number of aliphatic carboxylic acids is 1. The molecule has 0 amide bonds. The Morgan fingerprint density at radius 1 is 1.15 bits per heavy atom. The largest absolute Gasteiger partial charge is 0.497 e. The molecule has 0 aliphatic carbocycles. The van der Waals surface area contributed by atoms with E-state index in [-0.39, 0.29) is 6.42 Å². The van der Waals surface area contributed by atoms with E-state index < -0.39 is 17.7 Å². The van der Waals surface area contributed by atoms with E-state index >= 15 is 0 Å². The van der Waals surface area contributed by atoms with Crippen molar-refractivity contribution in [3.8, 4) is 17.3 Å². The lowest BCUT2D eigenvalue weighted by molar-refractivity contribution is -0.138. The Morgan fingerprint density at radius 2 is 1.91 bits per heavy atom. The summed E-state index contributed by atoms with van der Waals surface area (Å²) in [7, 11) is 1.50. The number of carboxylic acids is 1. The monoisotopic (exact) mass is 477 g/mol. The van der Waals surface area contributed by atoms with Crippen molar-refractivity contribution in [3.05, 3.63) is 65.1 Å². The minimum atomic E-state index is -4.44. The third-order valence-corrected chi connectivity index (χ3v) is 5.06. The van der Waals surface area contributed by atoms with Crippen molar-refractivity contribution in [2.45, 2.75) is 45.2 Å². The normalized spacial score (nSPS) is 11.4. The van der Waals surface area contributed by atoms with E-state index in [1.165, 1.54) is 17.9 Å². The van der Waals surface area contributed by atoms with Crippen LogP contribution in [0.3, 0.4) is 0 Å². The smallest absolute Gasteiger partial charge is 0.417 e. The quantitative estimate of drug-likeness (QED) is 0.396. The summed E-state index contributed by atoms with van der Waals surface area (Å²) < 4.78 is 50.9. The molecular weight excluding hydrogens is 451 g/mol. The highest BCUT2D eigenvalue weighted by Gasteiger charge is 2.30. The number of aromatic nitrogens is 3. The number of methoxy groups -OCH3 is 1. The van der Waals surface area contributed by atoms with Gasteiger partial charge in [0.2, 0.25) is 0 Å². The number of ether oxygens (including phenoxy) is 2. The number of carboxylic acid groups (broad SMARTS) is 1. The van der Waals surface area contributed by atoms with Crippen LogP contribution in [0.1, 0.15) is 42.1 Å². The number of halogens is 3. The van der Waals surface area contributed by atoms with Gasteiger partial charge >= 0.3 is 12.1 Å². The van der Waals surface area contributed by atoms with Gasteiger partial charge in [0.1, 0.15) is 11.5 Å². The van der Waals surface area contributed by atoms with Crippen LogP contribution in [-0.4, -0.2) is 39.6 Å². The molecule has 1 N–H and O–H groups in total. The predicted molar refractivity (Wildman–Crippen MR) is 119 cm³/mol. The minimum Gasteiger partial charge on any atom is -0.497 e. The van der Waals surface area contributed by atoms with Gasteiger partial charge in [-0.3, -0.25) is 4.79 Å². The Kier molecular flexibility index (Phi) is 8.14. The molecule has 0 saturated heterocycles. The SMILES string of the molecule is CCCc1nn(-c2ccc(C(F)(F)F)cn2)cc1CCCOc1cc(CC(=O)O)cc(OC)c1. The summed E-state index contributed by atoms with van der Waals surface area (Å²) in [6.45, 7) is 2.41. The van der Waals surface area contributed by atoms with Crippen molar-refractivity contribution >= 4 is 5.97 Å². The van der Waals surface area contributed by atoms with E-state index in [0.717, 1.165) is 36.4 Å². The van der Waals surface area contributed by atoms with E-state index in [2.05, 4.69) is 10.1 Å². The van der Waals surface area contributed by atoms with E-state index in [4.69, 9.17) is 14.6 Å². The highest BCUT2D eigenvalue weighted by molar-refractivity contribution is 5.70. The lowest BCUT2D eigenvalue weighted by Gasteiger charge is -2.10. The van der Waals surface area contributed by atoms with Gasteiger partial charge in [-0.25, -0.2) is 9.67 Å². The molecule has 0 saturated carbocycles. The van der Waals surface area contributed by atoms with Gasteiger partial charge in [0, 0.05) is 18.5 Å². The number of alkyl halides is 3. The first-order valence-electron chi connectivity index (χ1n) is 10.8. The molecule has 0 fully saturated rings. The summed E-state index contributed by atoms with van der Waals surface area (Å²) in [5.41, 5.74) is 1.62. The molecule has 182 valence electrons. The van der Waals surface area contributed by atoms with Gasteiger partial charge in [0.25, 0.3) is 0 Å². The maximum absolute atomic E-state index is 12.8. The first-order chi connectivity index (χ1) is 16.2. The van der Waals surface area contributed by atoms with Crippen LogP contribution in [0.5, 0.6) is 11.5 Å². The van der Waals surface area contributed by atoms with Gasteiger partial charge in [0.05, 0.1) is 31.4 Å². The summed E-state index contributed by atoms with van der Waals surface area (Å²) in [4.78, 5) is 14.9. The fraction of sp³-hybridized carbons (Fsp3) is 0.375. The summed E-state index contributed by atoms with van der Waals surface area (Å²) >= 11 is 0. The van der Waals surface area contributed by atoms with E-state index in [1.807, 2.05) is 6.92 Å². The molecule has 2 heterocycles. The summed E-state index contributed by atoms with van der Waals surface area (Å²) in [6, 6.07) is 7.32. The number of hydrogen-bond donors (Lipinski definition) is 1. The maximum Gasteiger partial charge on any atom is 0.417 e. The molecule has 0 atom stereocenters. The molecule has 0 spiro atoms. The molecule has 1 aromatic carbocycles. The van der Waals surface area contributed by atoms with Gasteiger partial charge in [-0.2, -0.15) is 18.3 Å². The summed E-state index contributed by atoms with van der Waals surface area (Å²) in [5.74, 6) is 0.413. The van der Waals surface area contributed by atoms with E-state index in [0.29, 0.717) is 42.3 Å². The summed E-state index contributed by atoms with van der Waals surface area (Å²) in [5, 5.41) is 13.5. The van der Waals surface area contributed by atoms with Crippen molar-refractivity contribution < 1.29 is 32.5 Å². The Morgan fingerprint density at radius 3 is 2.53 bits per heavy atom. The first kappa shape index (κ1) is 25.1. The van der Waals surface area contributed by atoms with Crippen molar-refractivity contribution in [3.63, 3.8) is 0 Å². The minimum absolute atomic E-state index is 0.134. The Labute approximate surface area is 195 Å². The number of pyridine rings is 1. The zero-order chi connectivity index (χ0) is 24.7. The third-order valence-electron chi connectivity index (χ3n) is 5.06. The van der Waals surface area contributed by atoms with Crippen molar-refractivity contribution in [1.29, 1.82) is 0 Å². The van der Waals surface area contributed by atoms with Crippen molar-refractivity contribution in [2.24, 2.45) is 0 Å². The van der Waals surface area contributed by atoms with Crippen LogP contribution in [0.2, 0.25) is 0 Å². The Bertz CT molecular complexity index is 1110. The van der Waals surface area contributed by atoms with Crippen LogP contribution in [0.4, 0.5) is 13.2 Å². The standard InChI is InChI=1S/C24H26F3N3O4/c1-3-5-21-17(15-30(29-21)22-8-7-18(14-28-22)24(25,26)27)6-4-9-34-20-11-16(12-23(31)32)10-19(13-20)33-2/h7-8,10-11,13-15H,3-6,9,12H2,1-2H3,(H,31,32). The Balaban J connectivity index is 1.66. The van der Waals surface area contributed by atoms with Gasteiger partial charge in [-0.15, -0.1) is 0 Å². The zero-order valence-electron chi connectivity index (χ0n) is 18.9. The van der Waals surface area contributed by atoms with E-state index in [1.54, 1.807) is 24.4 Å². The number of benzene rings is 1.